The summed E-state index contributed by atoms with van der Waals surface area (Å²) >= 11 is 3.48. The predicted octanol–water partition coefficient (Wildman–Crippen LogP) is 2.90. The Balaban J connectivity index is 2.20. The van der Waals surface area contributed by atoms with Gasteiger partial charge < -0.3 is 10.2 Å². The number of benzene rings is 1. The third-order valence-electron chi connectivity index (χ3n) is 3.41. The Morgan fingerprint density at radius 2 is 2.39 bits per heavy atom. The molecule has 0 aliphatic carbocycles. The van der Waals surface area contributed by atoms with Gasteiger partial charge in [0.05, 0.1) is 11.3 Å². The molecule has 1 atom stereocenters. The molecule has 2 rings (SSSR count). The molecule has 0 bridgehead atoms. The standard InChI is InChI=1S/C14H18BrN3/c1-2-18(10-13-4-3-7-17-13)14-8-12(15)6-5-11(14)9-16/h5-6,8,13,17H,2-4,7,10H2,1H3. The van der Waals surface area contributed by atoms with Gasteiger partial charge in [0, 0.05) is 23.6 Å². The lowest BCUT2D eigenvalue weighted by Gasteiger charge is -2.27. The van der Waals surface area contributed by atoms with Crippen LogP contribution in [0.3, 0.4) is 0 Å². The molecule has 0 spiro atoms. The van der Waals surface area contributed by atoms with Crippen LogP contribution in [0.15, 0.2) is 22.7 Å². The van der Waals surface area contributed by atoms with Gasteiger partial charge in [-0.1, -0.05) is 15.9 Å². The maximum Gasteiger partial charge on any atom is 0.101 e. The number of nitrogens with one attached hydrogen (secondary N) is 1. The molecule has 1 aliphatic heterocycles. The lowest BCUT2D eigenvalue weighted by molar-refractivity contribution is 0.586. The minimum atomic E-state index is 0.551. The van der Waals surface area contributed by atoms with Crippen LogP contribution >= 0.6 is 15.9 Å². The minimum Gasteiger partial charge on any atom is -0.369 e. The minimum absolute atomic E-state index is 0.551. The molecular weight excluding hydrogens is 290 g/mol. The number of nitrogens with zero attached hydrogens (tertiary/aromatic N) is 2. The molecule has 0 saturated carbocycles. The summed E-state index contributed by atoms with van der Waals surface area (Å²) in [6, 6.07) is 8.67. The fourth-order valence-electron chi connectivity index (χ4n) is 2.44. The van der Waals surface area contributed by atoms with Gasteiger partial charge >= 0.3 is 0 Å². The van der Waals surface area contributed by atoms with Crippen LogP contribution in [0.1, 0.15) is 25.3 Å². The number of likely N-dealkylation sites (N-methyl/N-ethyl adjacent to an activating group) is 1. The van der Waals surface area contributed by atoms with E-state index >= 15 is 0 Å². The van der Waals surface area contributed by atoms with Gasteiger partial charge in [0.25, 0.3) is 0 Å². The maximum atomic E-state index is 9.21. The second kappa shape index (κ2) is 6.21. The highest BCUT2D eigenvalue weighted by molar-refractivity contribution is 9.10. The molecule has 0 radical (unpaired) electrons. The van der Waals surface area contributed by atoms with Crippen molar-refractivity contribution in [3.05, 3.63) is 28.2 Å². The summed E-state index contributed by atoms with van der Waals surface area (Å²) in [6.45, 7) is 5.15. The Hall–Kier alpha value is -1.05. The summed E-state index contributed by atoms with van der Waals surface area (Å²) in [5.74, 6) is 0. The van der Waals surface area contributed by atoms with E-state index in [2.05, 4.69) is 39.1 Å². The largest absolute Gasteiger partial charge is 0.369 e. The molecule has 1 heterocycles. The second-order valence-corrected chi connectivity index (χ2v) is 5.52. The topological polar surface area (TPSA) is 39.1 Å². The van der Waals surface area contributed by atoms with E-state index in [4.69, 9.17) is 0 Å². The van der Waals surface area contributed by atoms with Crippen LogP contribution in [0.5, 0.6) is 0 Å². The van der Waals surface area contributed by atoms with Crippen molar-refractivity contribution in [1.29, 1.82) is 5.26 Å². The highest BCUT2D eigenvalue weighted by Gasteiger charge is 2.19. The van der Waals surface area contributed by atoms with Crippen molar-refractivity contribution in [3.8, 4) is 6.07 Å². The van der Waals surface area contributed by atoms with Gasteiger partial charge in [0.2, 0.25) is 0 Å². The highest BCUT2D eigenvalue weighted by atomic mass is 79.9. The molecule has 1 N–H and O–H groups in total. The van der Waals surface area contributed by atoms with Crippen molar-refractivity contribution in [2.24, 2.45) is 0 Å². The molecule has 3 nitrogen and oxygen atoms in total. The van der Waals surface area contributed by atoms with Crippen molar-refractivity contribution in [3.63, 3.8) is 0 Å². The summed E-state index contributed by atoms with van der Waals surface area (Å²) in [5.41, 5.74) is 1.78. The fourth-order valence-corrected chi connectivity index (χ4v) is 2.79. The SMILES string of the molecule is CCN(CC1CCCN1)c1cc(Br)ccc1C#N. The second-order valence-electron chi connectivity index (χ2n) is 4.61. The van der Waals surface area contributed by atoms with E-state index in [9.17, 15) is 5.26 Å². The first-order valence-corrected chi connectivity index (χ1v) is 7.22. The smallest absolute Gasteiger partial charge is 0.101 e. The van der Waals surface area contributed by atoms with E-state index < -0.39 is 0 Å². The van der Waals surface area contributed by atoms with Gasteiger partial charge in [-0.25, -0.2) is 0 Å². The van der Waals surface area contributed by atoms with Crippen LogP contribution < -0.4 is 10.2 Å². The first-order chi connectivity index (χ1) is 8.74. The van der Waals surface area contributed by atoms with E-state index in [1.165, 1.54) is 12.8 Å². The number of nitriles is 1. The number of rotatable bonds is 4. The first-order valence-electron chi connectivity index (χ1n) is 6.42. The normalized spacial score (nSPS) is 18.6. The van der Waals surface area contributed by atoms with Gasteiger partial charge in [0.15, 0.2) is 0 Å². The Bertz CT molecular complexity index is 447. The van der Waals surface area contributed by atoms with Crippen LogP contribution in [0, 0.1) is 11.3 Å². The molecule has 0 aromatic heterocycles. The average molecular weight is 308 g/mol. The Morgan fingerprint density at radius 3 is 3.00 bits per heavy atom. The zero-order chi connectivity index (χ0) is 13.0. The van der Waals surface area contributed by atoms with E-state index in [0.29, 0.717) is 6.04 Å². The maximum absolute atomic E-state index is 9.21. The van der Waals surface area contributed by atoms with Gasteiger partial charge in [-0.2, -0.15) is 5.26 Å². The van der Waals surface area contributed by atoms with Gasteiger partial charge in [0.1, 0.15) is 6.07 Å². The van der Waals surface area contributed by atoms with Crippen molar-refractivity contribution < 1.29 is 0 Å². The number of anilines is 1. The van der Waals surface area contributed by atoms with Gasteiger partial charge in [-0.15, -0.1) is 0 Å². The van der Waals surface area contributed by atoms with Gasteiger partial charge in [-0.3, -0.25) is 0 Å². The van der Waals surface area contributed by atoms with Crippen LogP contribution in [0.25, 0.3) is 0 Å². The summed E-state index contributed by atoms with van der Waals surface area (Å²) in [7, 11) is 0. The van der Waals surface area contributed by atoms with Crippen molar-refractivity contribution in [2.75, 3.05) is 24.5 Å². The molecule has 4 heteroatoms. The summed E-state index contributed by atoms with van der Waals surface area (Å²) in [4.78, 5) is 2.28. The highest BCUT2D eigenvalue weighted by Crippen LogP contribution is 2.25. The Morgan fingerprint density at radius 1 is 1.56 bits per heavy atom. The van der Waals surface area contributed by atoms with Crippen LogP contribution in [-0.4, -0.2) is 25.7 Å². The van der Waals surface area contributed by atoms with Crippen molar-refractivity contribution in [1.82, 2.24) is 5.32 Å². The van der Waals surface area contributed by atoms with Crippen molar-refractivity contribution in [2.45, 2.75) is 25.8 Å². The Labute approximate surface area is 117 Å². The number of hydrogen-bond donors (Lipinski definition) is 1. The third-order valence-corrected chi connectivity index (χ3v) is 3.90. The van der Waals surface area contributed by atoms with Gasteiger partial charge in [-0.05, 0) is 44.5 Å². The van der Waals surface area contributed by atoms with Crippen LogP contribution in [0.2, 0.25) is 0 Å². The molecule has 0 amide bonds. The lowest BCUT2D eigenvalue weighted by atomic mass is 10.1. The lowest BCUT2D eigenvalue weighted by Crippen LogP contribution is -2.37. The Kier molecular flexibility index (Phi) is 4.62. The van der Waals surface area contributed by atoms with Crippen molar-refractivity contribution >= 4 is 21.6 Å². The fraction of sp³-hybridized carbons (Fsp3) is 0.500. The molecule has 1 aliphatic rings. The molecule has 1 unspecified atom stereocenters. The van der Waals surface area contributed by atoms with Crippen LogP contribution in [0.4, 0.5) is 5.69 Å². The molecule has 1 aromatic rings. The summed E-state index contributed by atoms with van der Waals surface area (Å²) in [6.07, 6.45) is 2.48. The monoisotopic (exact) mass is 307 g/mol. The van der Waals surface area contributed by atoms with E-state index in [1.54, 1.807) is 0 Å². The molecule has 1 aromatic carbocycles. The first kappa shape index (κ1) is 13.4. The number of hydrogen-bond acceptors (Lipinski definition) is 3. The predicted molar refractivity (Wildman–Crippen MR) is 77.8 cm³/mol. The van der Waals surface area contributed by atoms with Crippen LogP contribution in [-0.2, 0) is 0 Å². The number of halogens is 1. The zero-order valence-electron chi connectivity index (χ0n) is 10.6. The molecule has 18 heavy (non-hydrogen) atoms. The van der Waals surface area contributed by atoms with E-state index in [0.717, 1.165) is 35.4 Å². The quantitative estimate of drug-likeness (QED) is 0.929. The molecule has 1 fully saturated rings. The molecular formula is C14H18BrN3. The average Bonchev–Trinajstić information content (AvgIpc) is 2.88. The summed E-state index contributed by atoms with van der Waals surface area (Å²) in [5, 5.41) is 12.7. The zero-order valence-corrected chi connectivity index (χ0v) is 12.2. The van der Waals surface area contributed by atoms with E-state index in [1.807, 2.05) is 18.2 Å². The molecule has 1 saturated heterocycles. The summed E-state index contributed by atoms with van der Waals surface area (Å²) < 4.78 is 1.02. The van der Waals surface area contributed by atoms with E-state index in [-0.39, 0.29) is 0 Å². The third kappa shape index (κ3) is 3.04. The molecule has 96 valence electrons.